The zero-order valence-electron chi connectivity index (χ0n) is 11.4. The molecular formula is C14H11N3O5. The van der Waals surface area contributed by atoms with Gasteiger partial charge in [-0.05, 0) is 30.7 Å². The topological polar surface area (TPSA) is 125 Å². The first-order chi connectivity index (χ1) is 10.4. The van der Waals surface area contributed by atoms with E-state index in [-0.39, 0.29) is 22.7 Å². The Balaban J connectivity index is 2.36. The second-order valence-corrected chi connectivity index (χ2v) is 4.43. The van der Waals surface area contributed by atoms with Crippen molar-refractivity contribution in [2.75, 3.05) is 0 Å². The summed E-state index contributed by atoms with van der Waals surface area (Å²) in [6.45, 7) is 1.72. The van der Waals surface area contributed by atoms with E-state index in [1.807, 2.05) is 0 Å². The van der Waals surface area contributed by atoms with Crippen LogP contribution in [0.2, 0.25) is 0 Å². The molecule has 8 nitrogen and oxygen atoms in total. The van der Waals surface area contributed by atoms with E-state index >= 15 is 0 Å². The molecule has 22 heavy (non-hydrogen) atoms. The fourth-order valence-corrected chi connectivity index (χ4v) is 1.69. The first-order valence-corrected chi connectivity index (χ1v) is 6.11. The molecule has 0 unspecified atom stereocenters. The number of hydrogen-bond acceptors (Lipinski definition) is 6. The summed E-state index contributed by atoms with van der Waals surface area (Å²) in [6, 6.07) is 7.92. The standard InChI is InChI=1S/C14H11N3O5/c1-8-2-4-10(17(21)22)7-12(8)16-15-9-3-5-13(18)11(6-9)14(19)20/h2-7,18H,1H3,(H,19,20). The van der Waals surface area contributed by atoms with E-state index in [1.54, 1.807) is 13.0 Å². The first-order valence-electron chi connectivity index (χ1n) is 6.11. The Bertz CT molecular complexity index is 786. The van der Waals surface area contributed by atoms with Gasteiger partial charge in [-0.2, -0.15) is 10.2 Å². The van der Waals surface area contributed by atoms with Crippen molar-refractivity contribution in [1.29, 1.82) is 0 Å². The van der Waals surface area contributed by atoms with Crippen LogP contribution >= 0.6 is 0 Å². The zero-order valence-corrected chi connectivity index (χ0v) is 11.4. The Labute approximate surface area is 124 Å². The average Bonchev–Trinajstić information content (AvgIpc) is 2.47. The molecule has 8 heteroatoms. The first kappa shape index (κ1) is 15.1. The molecule has 0 atom stereocenters. The van der Waals surface area contributed by atoms with Crippen LogP contribution in [0.1, 0.15) is 15.9 Å². The number of aromatic hydroxyl groups is 1. The predicted octanol–water partition coefficient (Wildman–Crippen LogP) is 3.72. The van der Waals surface area contributed by atoms with Gasteiger partial charge in [0, 0.05) is 12.1 Å². The van der Waals surface area contributed by atoms with E-state index in [4.69, 9.17) is 5.11 Å². The molecular weight excluding hydrogens is 290 g/mol. The number of carbonyl (C=O) groups is 1. The molecule has 112 valence electrons. The predicted molar refractivity (Wildman–Crippen MR) is 77.1 cm³/mol. The normalized spacial score (nSPS) is 10.8. The number of azo groups is 1. The van der Waals surface area contributed by atoms with Crippen molar-refractivity contribution in [3.8, 4) is 5.75 Å². The van der Waals surface area contributed by atoms with E-state index in [2.05, 4.69) is 10.2 Å². The van der Waals surface area contributed by atoms with Crippen molar-refractivity contribution in [2.24, 2.45) is 10.2 Å². The van der Waals surface area contributed by atoms with Crippen LogP contribution in [0.4, 0.5) is 17.1 Å². The number of rotatable bonds is 4. The molecule has 0 aliphatic heterocycles. The van der Waals surface area contributed by atoms with Gasteiger partial charge in [-0.15, -0.1) is 0 Å². The van der Waals surface area contributed by atoms with E-state index in [9.17, 15) is 20.0 Å². The fraction of sp³-hybridized carbons (Fsp3) is 0.0714. The maximum atomic E-state index is 10.9. The minimum atomic E-state index is -1.29. The smallest absolute Gasteiger partial charge is 0.339 e. The molecule has 0 aromatic heterocycles. The molecule has 2 N–H and O–H groups in total. The Morgan fingerprint density at radius 2 is 1.91 bits per heavy atom. The third kappa shape index (κ3) is 3.23. The molecule has 0 aliphatic rings. The number of hydrogen-bond donors (Lipinski definition) is 2. The van der Waals surface area contributed by atoms with E-state index in [0.717, 1.165) is 6.07 Å². The Kier molecular flexibility index (Phi) is 4.12. The highest BCUT2D eigenvalue weighted by Crippen LogP contribution is 2.28. The second-order valence-electron chi connectivity index (χ2n) is 4.43. The number of nitro groups is 1. The van der Waals surface area contributed by atoms with E-state index < -0.39 is 10.9 Å². The number of aryl methyl sites for hydroxylation is 1. The molecule has 2 aromatic rings. The van der Waals surface area contributed by atoms with Crippen LogP contribution in [-0.4, -0.2) is 21.1 Å². The quantitative estimate of drug-likeness (QED) is 0.505. The largest absolute Gasteiger partial charge is 0.507 e. The number of nitro benzene ring substituents is 1. The van der Waals surface area contributed by atoms with Gasteiger partial charge in [0.25, 0.3) is 5.69 Å². The lowest BCUT2D eigenvalue weighted by Gasteiger charge is -2.01. The molecule has 0 heterocycles. The Morgan fingerprint density at radius 3 is 2.55 bits per heavy atom. The van der Waals surface area contributed by atoms with Gasteiger partial charge in [0.1, 0.15) is 11.3 Å². The molecule has 0 saturated carbocycles. The van der Waals surface area contributed by atoms with Gasteiger partial charge < -0.3 is 10.2 Å². The molecule has 0 spiro atoms. The van der Waals surface area contributed by atoms with Gasteiger partial charge in [0.05, 0.1) is 16.3 Å². The van der Waals surface area contributed by atoms with Crippen LogP contribution in [0.15, 0.2) is 46.6 Å². The number of carboxylic acid groups (broad SMARTS) is 1. The van der Waals surface area contributed by atoms with Crippen LogP contribution < -0.4 is 0 Å². The van der Waals surface area contributed by atoms with Crippen LogP contribution in [0, 0.1) is 17.0 Å². The third-order valence-electron chi connectivity index (χ3n) is 2.89. The summed E-state index contributed by atoms with van der Waals surface area (Å²) in [5.74, 6) is -1.67. The van der Waals surface area contributed by atoms with E-state index in [0.29, 0.717) is 11.3 Å². The number of phenols is 1. The fourth-order valence-electron chi connectivity index (χ4n) is 1.69. The van der Waals surface area contributed by atoms with Crippen LogP contribution in [0.5, 0.6) is 5.75 Å². The molecule has 2 rings (SSSR count). The summed E-state index contributed by atoms with van der Waals surface area (Å²) in [5, 5.41) is 36.8. The minimum absolute atomic E-state index is 0.114. The highest BCUT2D eigenvalue weighted by atomic mass is 16.6. The summed E-state index contributed by atoms with van der Waals surface area (Å²) in [5.41, 5.74) is 0.788. The van der Waals surface area contributed by atoms with Gasteiger partial charge >= 0.3 is 5.97 Å². The van der Waals surface area contributed by atoms with Crippen molar-refractivity contribution in [2.45, 2.75) is 6.92 Å². The van der Waals surface area contributed by atoms with E-state index in [1.165, 1.54) is 24.3 Å². The summed E-state index contributed by atoms with van der Waals surface area (Å²) < 4.78 is 0. The van der Waals surface area contributed by atoms with Crippen molar-refractivity contribution >= 4 is 23.0 Å². The lowest BCUT2D eigenvalue weighted by atomic mass is 10.2. The Hall–Kier alpha value is -3.29. The summed E-state index contributed by atoms with van der Waals surface area (Å²) >= 11 is 0. The second kappa shape index (κ2) is 6.00. The van der Waals surface area contributed by atoms with Crippen molar-refractivity contribution in [1.82, 2.24) is 0 Å². The van der Waals surface area contributed by atoms with Gasteiger partial charge in [0.15, 0.2) is 0 Å². The molecule has 2 aromatic carbocycles. The molecule has 0 saturated heterocycles. The monoisotopic (exact) mass is 301 g/mol. The molecule has 0 fully saturated rings. The van der Waals surface area contributed by atoms with Crippen molar-refractivity contribution < 1.29 is 19.9 Å². The minimum Gasteiger partial charge on any atom is -0.507 e. The molecule has 0 bridgehead atoms. The van der Waals surface area contributed by atoms with Gasteiger partial charge in [-0.25, -0.2) is 4.79 Å². The van der Waals surface area contributed by atoms with Crippen LogP contribution in [0.25, 0.3) is 0 Å². The van der Waals surface area contributed by atoms with Crippen LogP contribution in [0.3, 0.4) is 0 Å². The highest BCUT2D eigenvalue weighted by molar-refractivity contribution is 5.91. The summed E-state index contributed by atoms with van der Waals surface area (Å²) in [7, 11) is 0. The highest BCUT2D eigenvalue weighted by Gasteiger charge is 2.11. The lowest BCUT2D eigenvalue weighted by molar-refractivity contribution is -0.384. The average molecular weight is 301 g/mol. The molecule has 0 aliphatic carbocycles. The summed E-state index contributed by atoms with van der Waals surface area (Å²) in [4.78, 5) is 21.1. The number of non-ortho nitro benzene ring substituents is 1. The third-order valence-corrected chi connectivity index (χ3v) is 2.89. The molecule has 0 radical (unpaired) electrons. The Morgan fingerprint density at radius 1 is 1.18 bits per heavy atom. The zero-order chi connectivity index (χ0) is 16.3. The number of carboxylic acids is 1. The number of aromatic carboxylic acids is 1. The number of nitrogens with zero attached hydrogens (tertiary/aromatic N) is 3. The SMILES string of the molecule is Cc1ccc([N+](=O)[O-])cc1N=Nc1ccc(O)c(C(=O)O)c1. The van der Waals surface area contributed by atoms with Crippen molar-refractivity contribution in [3.63, 3.8) is 0 Å². The van der Waals surface area contributed by atoms with Gasteiger partial charge in [-0.1, -0.05) is 6.07 Å². The van der Waals surface area contributed by atoms with Crippen LogP contribution in [-0.2, 0) is 0 Å². The maximum absolute atomic E-state index is 10.9. The van der Waals surface area contributed by atoms with Gasteiger partial charge in [-0.3, -0.25) is 10.1 Å². The van der Waals surface area contributed by atoms with Gasteiger partial charge in [0.2, 0.25) is 0 Å². The molecule has 0 amide bonds. The van der Waals surface area contributed by atoms with Crippen molar-refractivity contribution in [3.05, 3.63) is 57.6 Å². The summed E-state index contributed by atoms with van der Waals surface area (Å²) in [6.07, 6.45) is 0. The number of benzene rings is 2. The lowest BCUT2D eigenvalue weighted by Crippen LogP contribution is -1.95. The maximum Gasteiger partial charge on any atom is 0.339 e.